The second-order valence-corrected chi connectivity index (χ2v) is 9.24. The lowest BCUT2D eigenvalue weighted by Crippen LogP contribution is -2.40. The Labute approximate surface area is 176 Å². The molecule has 1 heterocycles. The third-order valence-corrected chi connectivity index (χ3v) is 4.40. The molecule has 172 valence electrons. The van der Waals surface area contributed by atoms with Gasteiger partial charge in [-0.25, -0.2) is 19.5 Å². The van der Waals surface area contributed by atoms with E-state index in [4.69, 9.17) is 9.57 Å². The van der Waals surface area contributed by atoms with Crippen LogP contribution in [0.15, 0.2) is 17.1 Å². The monoisotopic (exact) mass is 431 g/mol. The van der Waals surface area contributed by atoms with Gasteiger partial charge in [-0.1, -0.05) is 20.8 Å². The molecule has 1 aromatic rings. The van der Waals surface area contributed by atoms with Gasteiger partial charge in [0.15, 0.2) is 5.82 Å². The molecule has 9 nitrogen and oxygen atoms in total. The fourth-order valence-corrected chi connectivity index (χ4v) is 3.23. The third-order valence-electron chi connectivity index (χ3n) is 4.40. The van der Waals surface area contributed by atoms with Crippen molar-refractivity contribution in [2.45, 2.75) is 79.5 Å². The van der Waals surface area contributed by atoms with E-state index in [2.05, 4.69) is 10.5 Å². The molecule has 0 aliphatic rings. The van der Waals surface area contributed by atoms with Gasteiger partial charge in [-0.2, -0.15) is 4.98 Å². The number of halogens is 1. The average Bonchev–Trinajstić information content (AvgIpc) is 2.61. The van der Waals surface area contributed by atoms with E-state index in [0.717, 1.165) is 11.5 Å². The molecule has 0 spiro atoms. The number of rotatable bonds is 10. The van der Waals surface area contributed by atoms with Crippen LogP contribution in [0.1, 0.15) is 61.1 Å². The summed E-state index contributed by atoms with van der Waals surface area (Å²) in [4.78, 5) is 33.5. The maximum Gasteiger partial charge on any atom is 0.351 e. The summed E-state index contributed by atoms with van der Waals surface area (Å²) in [6, 6.07) is 1.40. The minimum atomic E-state index is -1.62. The van der Waals surface area contributed by atoms with Gasteiger partial charge in [-0.15, -0.1) is 0 Å². The highest BCUT2D eigenvalue weighted by Gasteiger charge is 2.34. The molecular weight excluding hydrogens is 397 g/mol. The summed E-state index contributed by atoms with van der Waals surface area (Å²) in [5, 5.41) is 19.0. The number of ether oxygens (including phenoxy) is 1. The quantitative estimate of drug-likeness (QED) is 0.482. The van der Waals surface area contributed by atoms with Crippen LogP contribution in [0, 0.1) is 10.8 Å². The number of aromatic nitrogens is 2. The molecule has 0 saturated heterocycles. The smallest absolute Gasteiger partial charge is 0.351 e. The molecule has 0 aliphatic heterocycles. The van der Waals surface area contributed by atoms with Crippen LogP contribution in [-0.2, 0) is 14.4 Å². The molecule has 0 aliphatic carbocycles. The van der Waals surface area contributed by atoms with E-state index in [1.54, 1.807) is 13.8 Å². The van der Waals surface area contributed by atoms with Crippen molar-refractivity contribution in [1.82, 2.24) is 9.55 Å². The highest BCUT2D eigenvalue weighted by Crippen LogP contribution is 2.34. The Morgan fingerprint density at radius 3 is 2.37 bits per heavy atom. The van der Waals surface area contributed by atoms with E-state index in [0.29, 0.717) is 6.42 Å². The first kappa shape index (κ1) is 26.0. The minimum Gasteiger partial charge on any atom is -0.394 e. The highest BCUT2D eigenvalue weighted by atomic mass is 19.1. The van der Waals surface area contributed by atoms with Gasteiger partial charge in [0.25, 0.3) is 0 Å². The average molecular weight is 432 g/mol. The van der Waals surface area contributed by atoms with Crippen LogP contribution in [0.3, 0.4) is 0 Å². The number of anilines is 1. The number of aliphatic hydroxyl groups excluding tert-OH is 2. The minimum absolute atomic E-state index is 0.0273. The Morgan fingerprint density at radius 2 is 1.90 bits per heavy atom. The van der Waals surface area contributed by atoms with Crippen LogP contribution >= 0.6 is 0 Å². The molecule has 10 heteroatoms. The number of nitrogens with one attached hydrogen (secondary N) is 1. The summed E-state index contributed by atoms with van der Waals surface area (Å²) in [6.45, 7) is 11.6. The first-order chi connectivity index (χ1) is 13.7. The molecule has 0 radical (unpaired) electrons. The molecule has 0 amide bonds. The molecule has 4 unspecified atom stereocenters. The first-order valence-electron chi connectivity index (χ1n) is 9.83. The topological polar surface area (TPSA) is 123 Å². The maximum absolute atomic E-state index is 13.3. The lowest BCUT2D eigenvalue weighted by Gasteiger charge is -2.30. The molecule has 0 fully saturated rings. The summed E-state index contributed by atoms with van der Waals surface area (Å²) < 4.78 is 19.8. The normalized spacial score (nSPS) is 16.5. The van der Waals surface area contributed by atoms with Crippen molar-refractivity contribution >= 4 is 11.8 Å². The van der Waals surface area contributed by atoms with Crippen LogP contribution in [0.2, 0.25) is 0 Å². The van der Waals surface area contributed by atoms with Gasteiger partial charge in [0, 0.05) is 12.3 Å². The molecular formula is C20H34FN3O6. The molecule has 30 heavy (non-hydrogen) atoms. The van der Waals surface area contributed by atoms with Crippen LogP contribution in [-0.4, -0.2) is 50.7 Å². The highest BCUT2D eigenvalue weighted by molar-refractivity contribution is 5.76. The van der Waals surface area contributed by atoms with Crippen molar-refractivity contribution < 1.29 is 29.0 Å². The summed E-state index contributed by atoms with van der Waals surface area (Å²) >= 11 is 0. The zero-order chi connectivity index (χ0) is 23.3. The molecule has 3 N–H and O–H groups in total. The Kier molecular flexibility index (Phi) is 8.94. The predicted octanol–water partition coefficient (Wildman–Crippen LogP) is 2.19. The van der Waals surface area contributed by atoms with Crippen LogP contribution in [0.5, 0.6) is 0 Å². The predicted molar refractivity (Wildman–Crippen MR) is 109 cm³/mol. The van der Waals surface area contributed by atoms with E-state index in [9.17, 15) is 24.2 Å². The number of aliphatic hydroxyl groups is 2. The molecule has 4 atom stereocenters. The summed E-state index contributed by atoms with van der Waals surface area (Å²) in [7, 11) is 0. The van der Waals surface area contributed by atoms with Crippen LogP contribution in [0.4, 0.5) is 10.2 Å². The van der Waals surface area contributed by atoms with Gasteiger partial charge in [0.1, 0.15) is 24.6 Å². The molecule has 0 saturated carbocycles. The Balaban J connectivity index is 2.80. The Morgan fingerprint density at radius 1 is 1.30 bits per heavy atom. The third kappa shape index (κ3) is 7.66. The lowest BCUT2D eigenvalue weighted by atomic mass is 9.76. The molecule has 0 bridgehead atoms. The van der Waals surface area contributed by atoms with E-state index in [1.807, 2.05) is 20.8 Å². The van der Waals surface area contributed by atoms with Gasteiger partial charge >= 0.3 is 11.7 Å². The number of hydrogen-bond donors (Lipinski definition) is 3. The van der Waals surface area contributed by atoms with Crippen LogP contribution < -0.4 is 11.2 Å². The number of carbonyl (C=O) groups is 1. The van der Waals surface area contributed by atoms with Crippen molar-refractivity contribution in [2.24, 2.45) is 10.8 Å². The fourth-order valence-electron chi connectivity index (χ4n) is 3.23. The van der Waals surface area contributed by atoms with E-state index < -0.39 is 48.3 Å². The SMILES string of the molecule is CC(F)C(O)C(CO)OC(C)n1ccc(NOC(=O)C(C)(C)CC(C)(C)C)nc1=O. The van der Waals surface area contributed by atoms with Crippen molar-refractivity contribution in [1.29, 1.82) is 0 Å². The number of carbonyl (C=O) groups excluding carboxylic acids is 1. The first-order valence-corrected chi connectivity index (χ1v) is 9.83. The van der Waals surface area contributed by atoms with Gasteiger partial charge in [0.2, 0.25) is 0 Å². The van der Waals surface area contributed by atoms with Crippen molar-refractivity contribution in [3.8, 4) is 0 Å². The fraction of sp³-hybridized carbons (Fsp3) is 0.750. The number of hydrogen-bond acceptors (Lipinski definition) is 8. The standard InChI is InChI=1S/C20H34FN3O6/c1-12(21)16(26)14(10-25)29-13(2)24-9-8-15(22-18(24)28)23-30-17(27)20(6,7)11-19(3,4)5/h8-9,12-14,16,25-26H,10-11H2,1-7H3,(H,22,23,28). The zero-order valence-electron chi connectivity index (χ0n) is 18.7. The summed E-state index contributed by atoms with van der Waals surface area (Å²) in [5.41, 5.74) is 0.847. The summed E-state index contributed by atoms with van der Waals surface area (Å²) in [5.74, 6) is -0.459. The maximum atomic E-state index is 13.3. The van der Waals surface area contributed by atoms with E-state index >= 15 is 0 Å². The van der Waals surface area contributed by atoms with E-state index in [1.165, 1.54) is 19.2 Å². The molecule has 0 aromatic carbocycles. The Hall–Kier alpha value is -2.04. The lowest BCUT2D eigenvalue weighted by molar-refractivity contribution is -0.152. The van der Waals surface area contributed by atoms with E-state index in [-0.39, 0.29) is 11.2 Å². The van der Waals surface area contributed by atoms with Gasteiger partial charge in [0.05, 0.1) is 12.0 Å². The van der Waals surface area contributed by atoms with Gasteiger partial charge in [-0.3, -0.25) is 4.57 Å². The second-order valence-electron chi connectivity index (χ2n) is 9.24. The number of alkyl halides is 1. The van der Waals surface area contributed by atoms with Gasteiger partial charge < -0.3 is 19.8 Å². The second kappa shape index (κ2) is 10.3. The molecule has 1 aromatic heterocycles. The van der Waals surface area contributed by atoms with Crippen molar-refractivity contribution in [3.05, 3.63) is 22.7 Å². The Bertz CT molecular complexity index is 760. The number of nitrogens with zero attached hydrogens (tertiary/aromatic N) is 2. The van der Waals surface area contributed by atoms with Crippen molar-refractivity contribution in [2.75, 3.05) is 12.1 Å². The van der Waals surface area contributed by atoms with Crippen LogP contribution in [0.25, 0.3) is 0 Å². The summed E-state index contributed by atoms with van der Waals surface area (Å²) in [6.07, 6.45) is -3.37. The largest absolute Gasteiger partial charge is 0.394 e. The van der Waals surface area contributed by atoms with Crippen molar-refractivity contribution in [3.63, 3.8) is 0 Å². The van der Waals surface area contributed by atoms with Gasteiger partial charge in [-0.05, 0) is 39.5 Å². The molecule has 1 rings (SSSR count). The zero-order valence-corrected chi connectivity index (χ0v) is 18.7.